The maximum Gasteiger partial charge on any atom is 0.433 e. The summed E-state index contributed by atoms with van der Waals surface area (Å²) < 4.78 is 39.3. The lowest BCUT2D eigenvalue weighted by Crippen LogP contribution is -2.38. The second-order valence-corrected chi connectivity index (χ2v) is 8.69. The molecular formula is C19H17F3N4OS2. The summed E-state index contributed by atoms with van der Waals surface area (Å²) in [5, 5.41) is 1.06. The SMILES string of the molecule is O=C(CSc1nccc(C(F)(F)F)n1)N1CCC(c2nc3ccccc3s2)CC1. The number of aromatic nitrogens is 3. The van der Waals surface area contributed by atoms with E-state index in [9.17, 15) is 18.0 Å². The summed E-state index contributed by atoms with van der Waals surface area (Å²) in [7, 11) is 0. The number of hydrogen-bond acceptors (Lipinski definition) is 6. The van der Waals surface area contributed by atoms with Crippen molar-refractivity contribution in [1.29, 1.82) is 0 Å². The van der Waals surface area contributed by atoms with Crippen molar-refractivity contribution in [1.82, 2.24) is 19.9 Å². The molecule has 0 spiro atoms. The van der Waals surface area contributed by atoms with Crippen LogP contribution in [0.4, 0.5) is 13.2 Å². The third-order valence-electron chi connectivity index (χ3n) is 4.76. The highest BCUT2D eigenvalue weighted by molar-refractivity contribution is 7.99. The molecule has 0 aliphatic carbocycles. The molecular weight excluding hydrogens is 421 g/mol. The van der Waals surface area contributed by atoms with E-state index in [0.29, 0.717) is 19.0 Å². The number of hydrogen-bond donors (Lipinski definition) is 0. The Labute approximate surface area is 173 Å². The zero-order chi connectivity index (χ0) is 20.4. The Balaban J connectivity index is 1.31. The van der Waals surface area contributed by atoms with Crippen molar-refractivity contribution in [3.63, 3.8) is 0 Å². The number of likely N-dealkylation sites (tertiary alicyclic amines) is 1. The van der Waals surface area contributed by atoms with Crippen LogP contribution in [0.25, 0.3) is 10.2 Å². The van der Waals surface area contributed by atoms with E-state index in [-0.39, 0.29) is 16.8 Å². The van der Waals surface area contributed by atoms with Crippen LogP contribution in [0.15, 0.2) is 41.7 Å². The maximum atomic E-state index is 12.7. The number of nitrogens with zero attached hydrogens (tertiary/aromatic N) is 4. The number of para-hydroxylation sites is 1. The van der Waals surface area contributed by atoms with Crippen LogP contribution in [0.3, 0.4) is 0 Å². The second-order valence-electron chi connectivity index (χ2n) is 6.69. The quantitative estimate of drug-likeness (QED) is 0.440. The van der Waals surface area contributed by atoms with Crippen LogP contribution in [0, 0.1) is 0 Å². The van der Waals surface area contributed by atoms with Gasteiger partial charge in [-0.1, -0.05) is 23.9 Å². The molecule has 1 saturated heterocycles. The number of rotatable bonds is 4. The first-order chi connectivity index (χ1) is 13.9. The van der Waals surface area contributed by atoms with E-state index < -0.39 is 11.9 Å². The number of piperidine rings is 1. The fourth-order valence-electron chi connectivity index (χ4n) is 3.23. The van der Waals surface area contributed by atoms with Gasteiger partial charge in [0.2, 0.25) is 5.91 Å². The molecule has 3 aromatic rings. The molecule has 0 unspecified atom stereocenters. The number of halogens is 3. The summed E-state index contributed by atoms with van der Waals surface area (Å²) in [6.07, 6.45) is -1.80. The van der Waals surface area contributed by atoms with Crippen LogP contribution in [-0.4, -0.2) is 44.6 Å². The molecule has 4 rings (SSSR count). The zero-order valence-electron chi connectivity index (χ0n) is 15.2. The van der Waals surface area contributed by atoms with Crippen molar-refractivity contribution in [3.8, 4) is 0 Å². The van der Waals surface area contributed by atoms with Crippen LogP contribution < -0.4 is 0 Å². The van der Waals surface area contributed by atoms with Gasteiger partial charge in [-0.3, -0.25) is 4.79 Å². The lowest BCUT2D eigenvalue weighted by Gasteiger charge is -2.31. The second kappa shape index (κ2) is 8.27. The third-order valence-corrected chi connectivity index (χ3v) is 6.80. The molecule has 1 fully saturated rings. The van der Waals surface area contributed by atoms with Gasteiger partial charge in [0.1, 0.15) is 5.69 Å². The summed E-state index contributed by atoms with van der Waals surface area (Å²) in [6.45, 7) is 1.23. The first-order valence-corrected chi connectivity index (χ1v) is 10.9. The molecule has 0 N–H and O–H groups in total. The van der Waals surface area contributed by atoms with Gasteiger partial charge in [-0.05, 0) is 31.0 Å². The van der Waals surface area contributed by atoms with E-state index >= 15 is 0 Å². The lowest BCUT2D eigenvalue weighted by molar-refractivity contribution is -0.141. The standard InChI is InChI=1S/C19H17F3N4OS2/c20-19(21,22)15-5-8-23-18(25-15)28-11-16(27)26-9-6-12(7-10-26)17-24-13-3-1-2-4-14(13)29-17/h1-5,8,12H,6-7,9-11H2. The van der Waals surface area contributed by atoms with Crippen molar-refractivity contribution < 1.29 is 18.0 Å². The maximum absolute atomic E-state index is 12.7. The number of fused-ring (bicyclic) bond motifs is 1. The molecule has 29 heavy (non-hydrogen) atoms. The summed E-state index contributed by atoms with van der Waals surface area (Å²) in [4.78, 5) is 26.2. The highest BCUT2D eigenvalue weighted by atomic mass is 32.2. The number of thiazole rings is 1. The van der Waals surface area contributed by atoms with E-state index in [1.54, 1.807) is 16.2 Å². The molecule has 5 nitrogen and oxygen atoms in total. The fraction of sp³-hybridized carbons (Fsp3) is 0.368. The van der Waals surface area contributed by atoms with Gasteiger partial charge in [-0.15, -0.1) is 11.3 Å². The lowest BCUT2D eigenvalue weighted by atomic mass is 9.97. The number of thioether (sulfide) groups is 1. The molecule has 3 heterocycles. The summed E-state index contributed by atoms with van der Waals surface area (Å²) in [5.74, 6) is 0.238. The average Bonchev–Trinajstić information content (AvgIpc) is 3.16. The van der Waals surface area contributed by atoms with Crippen LogP contribution in [0.2, 0.25) is 0 Å². The van der Waals surface area contributed by atoms with Crippen molar-refractivity contribution in [2.45, 2.75) is 30.1 Å². The molecule has 0 saturated carbocycles. The molecule has 1 amide bonds. The van der Waals surface area contributed by atoms with Crippen molar-refractivity contribution in [3.05, 3.63) is 47.2 Å². The minimum absolute atomic E-state index is 0.0209. The van der Waals surface area contributed by atoms with E-state index in [1.165, 1.54) is 4.70 Å². The van der Waals surface area contributed by atoms with Gasteiger partial charge < -0.3 is 4.90 Å². The number of benzene rings is 1. The first kappa shape index (κ1) is 20.1. The smallest absolute Gasteiger partial charge is 0.342 e. The zero-order valence-corrected chi connectivity index (χ0v) is 16.9. The molecule has 0 bridgehead atoms. The molecule has 2 aromatic heterocycles. The van der Waals surface area contributed by atoms with Crippen LogP contribution in [0.1, 0.15) is 29.5 Å². The molecule has 0 radical (unpaired) electrons. The normalized spacial score (nSPS) is 15.8. The van der Waals surface area contributed by atoms with E-state index in [2.05, 4.69) is 16.0 Å². The van der Waals surface area contributed by atoms with Gasteiger partial charge in [-0.25, -0.2) is 15.0 Å². The summed E-state index contributed by atoms with van der Waals surface area (Å²) in [6, 6.07) is 8.85. The van der Waals surface area contributed by atoms with Crippen molar-refractivity contribution >= 4 is 39.2 Å². The Kier molecular flexibility index (Phi) is 5.73. The monoisotopic (exact) mass is 438 g/mol. The highest BCUT2D eigenvalue weighted by Gasteiger charge is 2.33. The largest absolute Gasteiger partial charge is 0.433 e. The Hall–Kier alpha value is -2.20. The van der Waals surface area contributed by atoms with E-state index in [1.807, 2.05) is 18.2 Å². The van der Waals surface area contributed by atoms with Crippen LogP contribution in [-0.2, 0) is 11.0 Å². The molecule has 152 valence electrons. The minimum atomic E-state index is -4.52. The van der Waals surface area contributed by atoms with Crippen molar-refractivity contribution in [2.24, 2.45) is 0 Å². The van der Waals surface area contributed by atoms with Gasteiger partial charge in [-0.2, -0.15) is 13.2 Å². The number of carbonyl (C=O) groups excluding carboxylic acids is 1. The van der Waals surface area contributed by atoms with Gasteiger partial charge in [0.05, 0.1) is 21.0 Å². The molecule has 1 aliphatic heterocycles. The molecule has 0 atom stereocenters. The average molecular weight is 439 g/mol. The summed E-state index contributed by atoms with van der Waals surface area (Å²) >= 11 is 2.63. The third kappa shape index (κ3) is 4.69. The summed E-state index contributed by atoms with van der Waals surface area (Å²) in [5.41, 5.74) is 0.00240. The Morgan fingerprint density at radius 1 is 1.17 bits per heavy atom. The minimum Gasteiger partial charge on any atom is -0.342 e. The molecule has 1 aliphatic rings. The van der Waals surface area contributed by atoms with Gasteiger partial charge in [0.25, 0.3) is 0 Å². The predicted octanol–water partition coefficient (Wildman–Crippen LogP) is 4.60. The molecule has 10 heteroatoms. The van der Waals surface area contributed by atoms with Gasteiger partial charge in [0, 0.05) is 25.2 Å². The van der Waals surface area contributed by atoms with Crippen LogP contribution in [0.5, 0.6) is 0 Å². The Morgan fingerprint density at radius 2 is 1.93 bits per heavy atom. The van der Waals surface area contributed by atoms with Crippen molar-refractivity contribution in [2.75, 3.05) is 18.8 Å². The van der Waals surface area contributed by atoms with Gasteiger partial charge in [0.15, 0.2) is 5.16 Å². The van der Waals surface area contributed by atoms with E-state index in [0.717, 1.165) is 47.4 Å². The topological polar surface area (TPSA) is 59.0 Å². The number of alkyl halides is 3. The van der Waals surface area contributed by atoms with Gasteiger partial charge >= 0.3 is 6.18 Å². The number of amides is 1. The highest BCUT2D eigenvalue weighted by Crippen LogP contribution is 2.34. The Morgan fingerprint density at radius 3 is 2.66 bits per heavy atom. The van der Waals surface area contributed by atoms with E-state index in [4.69, 9.17) is 4.98 Å². The number of carbonyl (C=O) groups is 1. The Bertz CT molecular complexity index is 983. The first-order valence-electron chi connectivity index (χ1n) is 9.06. The van der Waals surface area contributed by atoms with Crippen LogP contribution >= 0.6 is 23.1 Å². The molecule has 1 aromatic carbocycles. The fourth-order valence-corrected chi connectivity index (χ4v) is 5.10. The predicted molar refractivity (Wildman–Crippen MR) is 106 cm³/mol.